The monoisotopic (exact) mass is 215 g/mol. The lowest BCUT2D eigenvalue weighted by atomic mass is 10.3. The summed E-state index contributed by atoms with van der Waals surface area (Å²) in [6.45, 7) is 0.393. The Kier molecular flexibility index (Phi) is 1.86. The molecule has 0 saturated heterocycles. The summed E-state index contributed by atoms with van der Waals surface area (Å²) >= 11 is 0. The van der Waals surface area contributed by atoms with Crippen LogP contribution in [0.2, 0.25) is 0 Å². The zero-order chi connectivity index (χ0) is 11.0. The van der Waals surface area contributed by atoms with Gasteiger partial charge in [0.1, 0.15) is 17.0 Å². The summed E-state index contributed by atoms with van der Waals surface area (Å²) in [6, 6.07) is 1.93. The predicted molar refractivity (Wildman–Crippen MR) is 58.6 cm³/mol. The quantitative estimate of drug-likeness (QED) is 0.561. The molecule has 3 rings (SSSR count). The average molecular weight is 215 g/mol. The number of imidazole rings is 1. The van der Waals surface area contributed by atoms with Crippen LogP contribution >= 0.6 is 0 Å². The van der Waals surface area contributed by atoms with Crippen molar-refractivity contribution in [2.24, 2.45) is 0 Å². The van der Waals surface area contributed by atoms with E-state index in [1.807, 2.05) is 12.3 Å². The Balaban J connectivity index is 2.18. The fourth-order valence-corrected chi connectivity index (χ4v) is 1.75. The van der Waals surface area contributed by atoms with Crippen molar-refractivity contribution in [1.82, 2.24) is 25.3 Å². The maximum Gasteiger partial charge on any atom is 0.207 e. The molecule has 6 nitrogen and oxygen atoms in total. The second kappa shape index (κ2) is 3.34. The summed E-state index contributed by atoms with van der Waals surface area (Å²) in [5.74, 6) is 0.720. The van der Waals surface area contributed by atoms with Crippen LogP contribution in [0.25, 0.3) is 22.1 Å². The van der Waals surface area contributed by atoms with E-state index in [0.717, 1.165) is 27.9 Å². The Hall–Kier alpha value is -2.37. The van der Waals surface area contributed by atoms with Gasteiger partial charge in [-0.25, -0.2) is 9.97 Å². The normalized spacial score (nSPS) is 11.0. The zero-order valence-electron chi connectivity index (χ0n) is 8.32. The molecule has 0 radical (unpaired) electrons. The average Bonchev–Trinajstić information content (AvgIpc) is 2.90. The predicted octanol–water partition coefficient (Wildman–Crippen LogP) is 0.685. The van der Waals surface area contributed by atoms with Gasteiger partial charge in [-0.3, -0.25) is 4.79 Å². The molecule has 0 aliphatic rings. The van der Waals surface area contributed by atoms with Gasteiger partial charge in [0.05, 0.1) is 18.3 Å². The van der Waals surface area contributed by atoms with E-state index in [1.54, 1.807) is 6.20 Å². The lowest BCUT2D eigenvalue weighted by Gasteiger charge is -1.90. The Morgan fingerprint density at radius 3 is 3.31 bits per heavy atom. The number of aromatic amines is 2. The molecule has 0 fully saturated rings. The van der Waals surface area contributed by atoms with Gasteiger partial charge in [0, 0.05) is 11.6 Å². The number of pyridine rings is 1. The van der Waals surface area contributed by atoms with Crippen molar-refractivity contribution in [3.63, 3.8) is 0 Å². The molecule has 3 heterocycles. The highest BCUT2D eigenvalue weighted by Crippen LogP contribution is 2.20. The Labute approximate surface area is 90.1 Å². The van der Waals surface area contributed by atoms with Crippen LogP contribution in [-0.2, 0) is 11.3 Å². The zero-order valence-corrected chi connectivity index (χ0v) is 8.32. The van der Waals surface area contributed by atoms with Crippen molar-refractivity contribution < 1.29 is 4.79 Å². The number of H-pyrrole nitrogens is 2. The van der Waals surface area contributed by atoms with Crippen molar-refractivity contribution in [1.29, 1.82) is 0 Å². The van der Waals surface area contributed by atoms with Gasteiger partial charge >= 0.3 is 0 Å². The minimum absolute atomic E-state index is 0.393. The first-order chi connectivity index (χ1) is 7.88. The van der Waals surface area contributed by atoms with Gasteiger partial charge in [0.25, 0.3) is 0 Å². The standard InChI is InChI=1S/C10H9N5O/c16-5-11-4-8-14-7-3-13-10-6(1-2-12-10)9(7)15-8/h1-3,5H,4H2,(H,11,16)(H,12,13)(H,14,15). The molecule has 1 amide bonds. The van der Waals surface area contributed by atoms with Crippen LogP contribution in [0.4, 0.5) is 0 Å². The minimum atomic E-state index is 0.393. The molecule has 0 aliphatic carbocycles. The number of nitrogens with zero attached hydrogens (tertiary/aromatic N) is 2. The Morgan fingerprint density at radius 2 is 2.44 bits per heavy atom. The van der Waals surface area contributed by atoms with Crippen LogP contribution in [-0.4, -0.2) is 26.3 Å². The van der Waals surface area contributed by atoms with E-state index in [4.69, 9.17) is 0 Å². The molecule has 0 aromatic carbocycles. The first-order valence-corrected chi connectivity index (χ1v) is 4.86. The summed E-state index contributed by atoms with van der Waals surface area (Å²) in [4.78, 5) is 25.0. The molecule has 0 spiro atoms. The highest BCUT2D eigenvalue weighted by atomic mass is 16.1. The number of amides is 1. The van der Waals surface area contributed by atoms with E-state index >= 15 is 0 Å². The molecule has 80 valence electrons. The van der Waals surface area contributed by atoms with Gasteiger partial charge in [0.2, 0.25) is 6.41 Å². The van der Waals surface area contributed by atoms with Gasteiger partial charge in [-0.2, -0.15) is 0 Å². The largest absolute Gasteiger partial charge is 0.351 e. The maximum atomic E-state index is 10.2. The molecular formula is C10H9N5O. The minimum Gasteiger partial charge on any atom is -0.351 e. The van der Waals surface area contributed by atoms with E-state index in [1.165, 1.54) is 0 Å². The van der Waals surface area contributed by atoms with Gasteiger partial charge in [-0.15, -0.1) is 0 Å². The third kappa shape index (κ3) is 1.23. The van der Waals surface area contributed by atoms with Crippen LogP contribution in [0, 0.1) is 0 Å². The van der Waals surface area contributed by atoms with Crippen molar-refractivity contribution >= 4 is 28.5 Å². The van der Waals surface area contributed by atoms with Crippen molar-refractivity contribution in [3.05, 3.63) is 24.3 Å². The molecule has 0 atom stereocenters. The molecule has 3 N–H and O–H groups in total. The number of carbonyl (C=O) groups is 1. The molecule has 0 aliphatic heterocycles. The molecule has 6 heteroatoms. The van der Waals surface area contributed by atoms with Gasteiger partial charge in [-0.1, -0.05) is 0 Å². The molecule has 0 saturated carbocycles. The van der Waals surface area contributed by atoms with Crippen LogP contribution in [0.15, 0.2) is 18.5 Å². The summed E-state index contributed by atoms with van der Waals surface area (Å²) in [5.41, 5.74) is 2.55. The van der Waals surface area contributed by atoms with Crippen LogP contribution in [0.3, 0.4) is 0 Å². The third-order valence-electron chi connectivity index (χ3n) is 2.44. The smallest absolute Gasteiger partial charge is 0.207 e. The SMILES string of the molecule is O=CNCc1nc2c(cnc3[nH]ccc32)[nH]1. The number of aromatic nitrogens is 4. The van der Waals surface area contributed by atoms with E-state index < -0.39 is 0 Å². The third-order valence-corrected chi connectivity index (χ3v) is 2.44. The second-order valence-electron chi connectivity index (χ2n) is 3.44. The number of nitrogens with one attached hydrogen (secondary N) is 3. The summed E-state index contributed by atoms with van der Waals surface area (Å²) in [5, 5.41) is 3.54. The fraction of sp³-hybridized carbons (Fsp3) is 0.100. The van der Waals surface area contributed by atoms with Crippen molar-refractivity contribution in [2.75, 3.05) is 0 Å². The van der Waals surface area contributed by atoms with E-state index in [9.17, 15) is 4.79 Å². The molecular weight excluding hydrogens is 206 g/mol. The molecule has 0 unspecified atom stereocenters. The van der Waals surface area contributed by atoms with Crippen molar-refractivity contribution in [3.8, 4) is 0 Å². The number of fused-ring (bicyclic) bond motifs is 3. The van der Waals surface area contributed by atoms with E-state index in [0.29, 0.717) is 13.0 Å². The van der Waals surface area contributed by atoms with E-state index in [2.05, 4.69) is 25.3 Å². The lowest BCUT2D eigenvalue weighted by Crippen LogP contribution is -2.10. The first kappa shape index (κ1) is 8.90. The van der Waals surface area contributed by atoms with Gasteiger partial charge in [0.15, 0.2) is 0 Å². The fourth-order valence-electron chi connectivity index (χ4n) is 1.75. The number of hydrogen-bond donors (Lipinski definition) is 3. The summed E-state index contributed by atoms with van der Waals surface area (Å²) in [6.07, 6.45) is 4.21. The summed E-state index contributed by atoms with van der Waals surface area (Å²) in [7, 11) is 0. The summed E-state index contributed by atoms with van der Waals surface area (Å²) < 4.78 is 0. The molecule has 16 heavy (non-hydrogen) atoms. The molecule has 3 aromatic heterocycles. The molecule has 0 bridgehead atoms. The Morgan fingerprint density at radius 1 is 1.50 bits per heavy atom. The maximum absolute atomic E-state index is 10.2. The topological polar surface area (TPSA) is 86.5 Å². The Bertz CT molecular complexity index is 653. The number of hydrogen-bond acceptors (Lipinski definition) is 3. The van der Waals surface area contributed by atoms with Crippen LogP contribution in [0.1, 0.15) is 5.82 Å². The molecule has 3 aromatic rings. The van der Waals surface area contributed by atoms with Crippen LogP contribution in [0.5, 0.6) is 0 Å². The second-order valence-corrected chi connectivity index (χ2v) is 3.44. The van der Waals surface area contributed by atoms with Gasteiger partial charge in [-0.05, 0) is 6.07 Å². The highest BCUT2D eigenvalue weighted by Gasteiger charge is 2.07. The van der Waals surface area contributed by atoms with Crippen molar-refractivity contribution in [2.45, 2.75) is 6.54 Å². The van der Waals surface area contributed by atoms with Crippen LogP contribution < -0.4 is 5.32 Å². The highest BCUT2D eigenvalue weighted by molar-refractivity contribution is 6.00. The number of carbonyl (C=O) groups excluding carboxylic acids is 1. The van der Waals surface area contributed by atoms with Gasteiger partial charge < -0.3 is 15.3 Å². The first-order valence-electron chi connectivity index (χ1n) is 4.86. The number of rotatable bonds is 3. The van der Waals surface area contributed by atoms with E-state index in [-0.39, 0.29) is 0 Å². The lowest BCUT2D eigenvalue weighted by molar-refractivity contribution is -0.109.